The van der Waals surface area contributed by atoms with Gasteiger partial charge in [0.2, 0.25) is 10.0 Å². The number of rotatable bonds is 3. The number of halogens is 1. The van der Waals surface area contributed by atoms with E-state index in [9.17, 15) is 12.8 Å². The molecule has 0 fully saturated rings. The zero-order valence-corrected chi connectivity index (χ0v) is 12.1. The van der Waals surface area contributed by atoms with Crippen LogP contribution in [0.3, 0.4) is 0 Å². The molecule has 1 atom stereocenters. The van der Waals surface area contributed by atoms with E-state index in [4.69, 9.17) is 4.74 Å². The Balaban J connectivity index is 1.91. The second-order valence-electron chi connectivity index (χ2n) is 4.84. The number of nitrogens with one attached hydrogen (secondary N) is 1. The molecule has 0 saturated heterocycles. The van der Waals surface area contributed by atoms with Gasteiger partial charge in [-0.1, -0.05) is 0 Å². The molecule has 1 aromatic heterocycles. The van der Waals surface area contributed by atoms with Crippen molar-refractivity contribution in [2.24, 2.45) is 7.05 Å². The molecule has 3 rings (SSSR count). The number of nitrogens with zero attached hydrogens (tertiary/aromatic N) is 2. The van der Waals surface area contributed by atoms with Gasteiger partial charge in [-0.3, -0.25) is 4.68 Å². The maximum Gasteiger partial charge on any atom is 0.244 e. The largest absolute Gasteiger partial charge is 0.493 e. The Morgan fingerprint density at radius 1 is 1.48 bits per heavy atom. The number of aryl methyl sites for hydroxylation is 1. The summed E-state index contributed by atoms with van der Waals surface area (Å²) in [6, 6.07) is 3.58. The standard InChI is InChI=1S/C13H14FN3O3S/c1-17-8-10(7-15-17)21(18,19)16-12-4-5-20-13-3-2-9(14)6-11(12)13/h2-3,6-8,12,16H,4-5H2,1H3/t12-/m0/s1. The van der Waals surface area contributed by atoms with E-state index in [1.54, 1.807) is 7.05 Å². The van der Waals surface area contributed by atoms with Crippen LogP contribution in [-0.4, -0.2) is 24.8 Å². The van der Waals surface area contributed by atoms with Gasteiger partial charge in [0, 0.05) is 25.2 Å². The summed E-state index contributed by atoms with van der Waals surface area (Å²) in [5.41, 5.74) is 0.508. The van der Waals surface area contributed by atoms with Gasteiger partial charge in [-0.05, 0) is 18.2 Å². The molecule has 0 unspecified atom stereocenters. The van der Waals surface area contributed by atoms with Crippen LogP contribution >= 0.6 is 0 Å². The first-order valence-electron chi connectivity index (χ1n) is 6.39. The quantitative estimate of drug-likeness (QED) is 0.929. The predicted molar refractivity (Wildman–Crippen MR) is 72.8 cm³/mol. The Bertz CT molecular complexity index is 773. The molecule has 1 N–H and O–H groups in total. The third-order valence-corrected chi connectivity index (χ3v) is 4.73. The van der Waals surface area contributed by atoms with E-state index in [0.29, 0.717) is 24.3 Å². The Labute approximate surface area is 121 Å². The van der Waals surface area contributed by atoms with Crippen LogP contribution in [-0.2, 0) is 17.1 Å². The monoisotopic (exact) mass is 311 g/mol. The number of hydrogen-bond acceptors (Lipinski definition) is 4. The van der Waals surface area contributed by atoms with Crippen LogP contribution in [0.25, 0.3) is 0 Å². The zero-order chi connectivity index (χ0) is 15.0. The number of fused-ring (bicyclic) bond motifs is 1. The van der Waals surface area contributed by atoms with Gasteiger partial charge in [-0.15, -0.1) is 0 Å². The minimum atomic E-state index is -3.71. The van der Waals surface area contributed by atoms with Gasteiger partial charge in [-0.2, -0.15) is 5.10 Å². The topological polar surface area (TPSA) is 73.2 Å². The molecular formula is C13H14FN3O3S. The van der Waals surface area contributed by atoms with Crippen LogP contribution in [0, 0.1) is 5.82 Å². The number of hydrogen-bond donors (Lipinski definition) is 1. The highest BCUT2D eigenvalue weighted by Gasteiger charge is 2.27. The predicted octanol–water partition coefficient (Wildman–Crippen LogP) is 1.36. The van der Waals surface area contributed by atoms with Gasteiger partial charge in [-0.25, -0.2) is 17.5 Å². The van der Waals surface area contributed by atoms with Gasteiger partial charge < -0.3 is 4.74 Å². The number of benzene rings is 1. The van der Waals surface area contributed by atoms with Crippen LogP contribution in [0.5, 0.6) is 5.75 Å². The summed E-state index contributed by atoms with van der Waals surface area (Å²) in [6.07, 6.45) is 3.12. The van der Waals surface area contributed by atoms with Crippen molar-refractivity contribution in [2.75, 3.05) is 6.61 Å². The average Bonchev–Trinajstić information content (AvgIpc) is 2.87. The maximum atomic E-state index is 13.4. The second kappa shape index (κ2) is 5.12. The number of ether oxygens (including phenoxy) is 1. The smallest absolute Gasteiger partial charge is 0.244 e. The van der Waals surface area contributed by atoms with Crippen molar-refractivity contribution in [2.45, 2.75) is 17.4 Å². The van der Waals surface area contributed by atoms with Gasteiger partial charge in [0.15, 0.2) is 0 Å². The van der Waals surface area contributed by atoms with Gasteiger partial charge in [0.25, 0.3) is 0 Å². The molecule has 2 aromatic rings. The first kappa shape index (κ1) is 14.0. The lowest BCUT2D eigenvalue weighted by Gasteiger charge is -2.26. The molecule has 1 aliphatic rings. The molecule has 1 aromatic carbocycles. The van der Waals surface area contributed by atoms with E-state index in [1.165, 1.54) is 35.3 Å². The molecule has 1 aliphatic heterocycles. The third kappa shape index (κ3) is 2.77. The Morgan fingerprint density at radius 2 is 2.29 bits per heavy atom. The fourth-order valence-corrected chi connectivity index (χ4v) is 3.51. The summed E-state index contributed by atoms with van der Waals surface area (Å²) in [5.74, 6) is 0.0753. The van der Waals surface area contributed by atoms with Crippen LogP contribution in [0.15, 0.2) is 35.5 Å². The molecule has 2 heterocycles. The van der Waals surface area contributed by atoms with E-state index < -0.39 is 21.9 Å². The number of aromatic nitrogens is 2. The summed E-state index contributed by atoms with van der Waals surface area (Å²) in [5, 5.41) is 3.85. The Hall–Kier alpha value is -1.93. The lowest BCUT2D eigenvalue weighted by atomic mass is 10.0. The average molecular weight is 311 g/mol. The van der Waals surface area contributed by atoms with Crippen molar-refractivity contribution in [1.82, 2.24) is 14.5 Å². The fourth-order valence-electron chi connectivity index (χ4n) is 2.28. The van der Waals surface area contributed by atoms with Crippen molar-refractivity contribution in [3.63, 3.8) is 0 Å². The van der Waals surface area contributed by atoms with Crippen molar-refractivity contribution < 1.29 is 17.5 Å². The molecule has 21 heavy (non-hydrogen) atoms. The van der Waals surface area contributed by atoms with E-state index in [-0.39, 0.29) is 4.90 Å². The minimum absolute atomic E-state index is 0.0782. The van der Waals surface area contributed by atoms with Crippen molar-refractivity contribution in [3.8, 4) is 5.75 Å². The lowest BCUT2D eigenvalue weighted by molar-refractivity contribution is 0.262. The van der Waals surface area contributed by atoms with Gasteiger partial charge >= 0.3 is 0 Å². The fraction of sp³-hybridized carbons (Fsp3) is 0.308. The second-order valence-corrected chi connectivity index (χ2v) is 6.56. The minimum Gasteiger partial charge on any atom is -0.493 e. The normalized spacial score (nSPS) is 18.1. The van der Waals surface area contributed by atoms with Crippen molar-refractivity contribution in [3.05, 3.63) is 42.0 Å². The maximum absolute atomic E-state index is 13.4. The molecule has 0 radical (unpaired) electrons. The highest BCUT2D eigenvalue weighted by molar-refractivity contribution is 7.89. The van der Waals surface area contributed by atoms with Gasteiger partial charge in [0.05, 0.1) is 18.8 Å². The number of sulfonamides is 1. The van der Waals surface area contributed by atoms with Crippen molar-refractivity contribution in [1.29, 1.82) is 0 Å². The summed E-state index contributed by atoms with van der Waals surface area (Å²) >= 11 is 0. The van der Waals surface area contributed by atoms with Crippen LogP contribution in [0.4, 0.5) is 4.39 Å². The molecular weight excluding hydrogens is 297 g/mol. The summed E-state index contributed by atoms with van der Waals surface area (Å²) < 4.78 is 47.4. The zero-order valence-electron chi connectivity index (χ0n) is 11.3. The van der Waals surface area contributed by atoms with E-state index >= 15 is 0 Å². The summed E-state index contributed by atoms with van der Waals surface area (Å²) in [7, 11) is -2.07. The van der Waals surface area contributed by atoms with Crippen molar-refractivity contribution >= 4 is 10.0 Å². The van der Waals surface area contributed by atoms with E-state index in [2.05, 4.69) is 9.82 Å². The van der Waals surface area contributed by atoms with Crippen LogP contribution in [0.1, 0.15) is 18.0 Å². The summed E-state index contributed by atoms with van der Waals surface area (Å²) in [6.45, 7) is 0.374. The highest BCUT2D eigenvalue weighted by atomic mass is 32.2. The third-order valence-electron chi connectivity index (χ3n) is 3.30. The van der Waals surface area contributed by atoms with E-state index in [0.717, 1.165) is 0 Å². The molecule has 0 saturated carbocycles. The molecule has 8 heteroatoms. The van der Waals surface area contributed by atoms with Crippen LogP contribution in [0.2, 0.25) is 0 Å². The first-order chi connectivity index (χ1) is 9.95. The van der Waals surface area contributed by atoms with E-state index in [1.807, 2.05) is 0 Å². The first-order valence-corrected chi connectivity index (χ1v) is 7.87. The molecule has 0 spiro atoms. The molecule has 0 aliphatic carbocycles. The Kier molecular flexibility index (Phi) is 3.42. The molecule has 112 valence electrons. The summed E-state index contributed by atoms with van der Waals surface area (Å²) in [4.78, 5) is 0.0782. The molecule has 0 amide bonds. The molecule has 6 nitrogen and oxygen atoms in total. The van der Waals surface area contributed by atoms with Gasteiger partial charge in [0.1, 0.15) is 16.5 Å². The highest BCUT2D eigenvalue weighted by Crippen LogP contribution is 2.33. The Morgan fingerprint density at radius 3 is 3.00 bits per heavy atom. The van der Waals surface area contributed by atoms with Crippen LogP contribution < -0.4 is 9.46 Å². The molecule has 0 bridgehead atoms. The lowest BCUT2D eigenvalue weighted by Crippen LogP contribution is -2.32. The SMILES string of the molecule is Cn1cc(S(=O)(=O)N[C@H]2CCOc3ccc(F)cc32)cn1.